The van der Waals surface area contributed by atoms with Crippen LogP contribution in [0.3, 0.4) is 0 Å². The van der Waals surface area contributed by atoms with Gasteiger partial charge in [0.15, 0.2) is 0 Å². The first-order valence-electron chi connectivity index (χ1n) is 9.34. The molecular weight excluding hydrogens is 362 g/mol. The Hall–Kier alpha value is -2.77. The molecule has 1 aromatic carbocycles. The average molecular weight is 391 g/mol. The van der Waals surface area contributed by atoms with E-state index in [1.54, 1.807) is 39.0 Å². The number of nitrogens with one attached hydrogen (secondary N) is 2. The van der Waals surface area contributed by atoms with Crippen molar-refractivity contribution in [3.63, 3.8) is 0 Å². The van der Waals surface area contributed by atoms with Crippen molar-refractivity contribution >= 4 is 17.9 Å². The van der Waals surface area contributed by atoms with Gasteiger partial charge in [-0.1, -0.05) is 18.2 Å². The monoisotopic (exact) mass is 391 g/mol. The van der Waals surface area contributed by atoms with E-state index < -0.39 is 17.2 Å². The normalized spacial score (nSPS) is 19.2. The molecule has 0 saturated carbocycles. The number of aromatic hydroxyl groups is 1. The average Bonchev–Trinajstić information content (AvgIpc) is 3.00. The van der Waals surface area contributed by atoms with E-state index in [-0.39, 0.29) is 30.7 Å². The number of phenols is 1. The minimum absolute atomic E-state index is 0.0873. The van der Waals surface area contributed by atoms with Crippen molar-refractivity contribution < 1.29 is 24.2 Å². The molecule has 0 aromatic heterocycles. The number of likely N-dealkylation sites (tertiary alicyclic amines) is 1. The fourth-order valence-corrected chi connectivity index (χ4v) is 3.12. The van der Waals surface area contributed by atoms with Crippen molar-refractivity contribution in [1.29, 1.82) is 0 Å². The first-order chi connectivity index (χ1) is 13.0. The fraction of sp³-hybridized carbons (Fsp3) is 0.550. The quantitative estimate of drug-likeness (QED) is 0.706. The third-order valence-corrected chi connectivity index (χ3v) is 4.56. The standard InChI is InChI=1S/C20H29N3O5/c1-14(24)23-12-10-20(13-23,22-18(27)28-19(2,3)4)17(26)21-11-9-15-7-5-6-8-16(15)25/h5-8,25H,9-13H2,1-4H3,(H,21,26)(H,22,27). The van der Waals surface area contributed by atoms with Gasteiger partial charge in [-0.2, -0.15) is 0 Å². The predicted octanol–water partition coefficient (Wildman–Crippen LogP) is 1.57. The van der Waals surface area contributed by atoms with Gasteiger partial charge in [-0.05, 0) is 45.2 Å². The molecule has 3 amide bonds. The maximum atomic E-state index is 12.9. The van der Waals surface area contributed by atoms with Crippen LogP contribution in [0.5, 0.6) is 5.75 Å². The number of para-hydroxylation sites is 1. The van der Waals surface area contributed by atoms with E-state index in [4.69, 9.17) is 4.74 Å². The molecule has 8 heteroatoms. The zero-order valence-electron chi connectivity index (χ0n) is 16.9. The SMILES string of the molecule is CC(=O)N1CCC(NC(=O)OC(C)(C)C)(C(=O)NCCc2ccccc2O)C1. The molecule has 1 aliphatic rings. The predicted molar refractivity (Wildman–Crippen MR) is 104 cm³/mol. The van der Waals surface area contributed by atoms with E-state index in [9.17, 15) is 19.5 Å². The van der Waals surface area contributed by atoms with Gasteiger partial charge in [-0.25, -0.2) is 4.79 Å². The summed E-state index contributed by atoms with van der Waals surface area (Å²) in [5.41, 5.74) is -1.23. The van der Waals surface area contributed by atoms with Gasteiger partial charge < -0.3 is 25.4 Å². The Morgan fingerprint density at radius 1 is 1.25 bits per heavy atom. The van der Waals surface area contributed by atoms with Crippen LogP contribution in [0.2, 0.25) is 0 Å². The first-order valence-corrected chi connectivity index (χ1v) is 9.34. The van der Waals surface area contributed by atoms with Crippen LogP contribution < -0.4 is 10.6 Å². The molecule has 0 aliphatic carbocycles. The number of phenolic OH excluding ortho intramolecular Hbond substituents is 1. The van der Waals surface area contributed by atoms with E-state index >= 15 is 0 Å². The van der Waals surface area contributed by atoms with Gasteiger partial charge in [0.05, 0.1) is 6.54 Å². The molecule has 0 bridgehead atoms. The molecule has 3 N–H and O–H groups in total. The van der Waals surface area contributed by atoms with Crippen molar-refractivity contribution in [2.24, 2.45) is 0 Å². The third-order valence-electron chi connectivity index (χ3n) is 4.56. The smallest absolute Gasteiger partial charge is 0.408 e. The van der Waals surface area contributed by atoms with Crippen LogP contribution in [0.15, 0.2) is 24.3 Å². The van der Waals surface area contributed by atoms with Crippen LogP contribution in [-0.4, -0.2) is 58.7 Å². The number of nitrogens with zero attached hydrogens (tertiary/aromatic N) is 1. The third kappa shape index (κ3) is 5.61. The van der Waals surface area contributed by atoms with Crippen molar-refractivity contribution in [3.8, 4) is 5.75 Å². The van der Waals surface area contributed by atoms with Gasteiger partial charge >= 0.3 is 6.09 Å². The lowest BCUT2D eigenvalue weighted by Crippen LogP contribution is -2.61. The zero-order chi connectivity index (χ0) is 20.9. The van der Waals surface area contributed by atoms with E-state index in [0.717, 1.165) is 0 Å². The molecule has 28 heavy (non-hydrogen) atoms. The number of rotatable bonds is 5. The summed E-state index contributed by atoms with van der Waals surface area (Å²) < 4.78 is 5.29. The number of ether oxygens (including phenoxy) is 1. The Morgan fingerprint density at radius 2 is 1.93 bits per heavy atom. The van der Waals surface area contributed by atoms with E-state index in [0.29, 0.717) is 24.9 Å². The lowest BCUT2D eigenvalue weighted by molar-refractivity contribution is -0.130. The second kappa shape index (κ2) is 8.50. The number of carbonyl (C=O) groups is 3. The van der Waals surface area contributed by atoms with E-state index in [1.807, 2.05) is 6.07 Å². The molecule has 1 aliphatic heterocycles. The summed E-state index contributed by atoms with van der Waals surface area (Å²) >= 11 is 0. The molecule has 2 rings (SSSR count). The Kier molecular flexibility index (Phi) is 6.53. The number of carbonyl (C=O) groups excluding carboxylic acids is 3. The molecule has 0 spiro atoms. The van der Waals surface area contributed by atoms with Crippen molar-refractivity contribution in [2.75, 3.05) is 19.6 Å². The second-order valence-corrected chi connectivity index (χ2v) is 8.03. The summed E-state index contributed by atoms with van der Waals surface area (Å²) in [6.07, 6.45) is 0.0414. The van der Waals surface area contributed by atoms with E-state index in [2.05, 4.69) is 10.6 Å². The van der Waals surface area contributed by atoms with Crippen molar-refractivity contribution in [2.45, 2.75) is 51.7 Å². The number of hydrogen-bond donors (Lipinski definition) is 3. The minimum Gasteiger partial charge on any atom is -0.508 e. The maximum Gasteiger partial charge on any atom is 0.408 e. The van der Waals surface area contributed by atoms with Crippen LogP contribution in [0, 0.1) is 0 Å². The molecule has 1 unspecified atom stereocenters. The lowest BCUT2D eigenvalue weighted by atomic mass is 9.97. The van der Waals surface area contributed by atoms with Crippen LogP contribution in [0.4, 0.5) is 4.79 Å². The highest BCUT2D eigenvalue weighted by molar-refractivity contribution is 5.91. The van der Waals surface area contributed by atoms with Gasteiger partial charge in [0.25, 0.3) is 0 Å². The highest BCUT2D eigenvalue weighted by Gasteiger charge is 2.47. The highest BCUT2D eigenvalue weighted by atomic mass is 16.6. The number of alkyl carbamates (subject to hydrolysis) is 1. The molecule has 1 heterocycles. The summed E-state index contributed by atoms with van der Waals surface area (Å²) in [6.45, 7) is 7.39. The summed E-state index contributed by atoms with van der Waals surface area (Å²) in [5, 5.41) is 15.3. The summed E-state index contributed by atoms with van der Waals surface area (Å²) in [6, 6.07) is 6.91. The van der Waals surface area contributed by atoms with Gasteiger partial charge in [-0.15, -0.1) is 0 Å². The van der Waals surface area contributed by atoms with Crippen molar-refractivity contribution in [1.82, 2.24) is 15.5 Å². The Morgan fingerprint density at radius 3 is 2.50 bits per heavy atom. The maximum absolute atomic E-state index is 12.9. The van der Waals surface area contributed by atoms with Gasteiger partial charge in [0.1, 0.15) is 16.9 Å². The molecular formula is C20H29N3O5. The number of amides is 3. The lowest BCUT2D eigenvalue weighted by Gasteiger charge is -2.30. The number of hydrogen-bond acceptors (Lipinski definition) is 5. The van der Waals surface area contributed by atoms with E-state index in [1.165, 1.54) is 11.8 Å². The van der Waals surface area contributed by atoms with Crippen LogP contribution in [0.25, 0.3) is 0 Å². The summed E-state index contributed by atoms with van der Waals surface area (Å²) in [7, 11) is 0. The first kappa shape index (κ1) is 21.5. The highest BCUT2D eigenvalue weighted by Crippen LogP contribution is 2.23. The summed E-state index contributed by atoms with van der Waals surface area (Å²) in [4.78, 5) is 38.5. The topological polar surface area (TPSA) is 108 Å². The molecule has 1 aromatic rings. The van der Waals surface area contributed by atoms with Crippen LogP contribution >= 0.6 is 0 Å². The minimum atomic E-state index is -1.24. The molecule has 1 fully saturated rings. The fourth-order valence-electron chi connectivity index (χ4n) is 3.12. The largest absolute Gasteiger partial charge is 0.508 e. The molecule has 0 radical (unpaired) electrons. The molecule has 1 atom stereocenters. The molecule has 1 saturated heterocycles. The van der Waals surface area contributed by atoms with Crippen molar-refractivity contribution in [3.05, 3.63) is 29.8 Å². The Labute approximate surface area is 165 Å². The second-order valence-electron chi connectivity index (χ2n) is 8.03. The van der Waals surface area contributed by atoms with Crippen LogP contribution in [0.1, 0.15) is 39.7 Å². The zero-order valence-corrected chi connectivity index (χ0v) is 16.9. The molecule has 154 valence electrons. The Balaban J connectivity index is 2.06. The van der Waals surface area contributed by atoms with Gasteiger partial charge in [0.2, 0.25) is 11.8 Å². The number of benzene rings is 1. The van der Waals surface area contributed by atoms with Gasteiger partial charge in [-0.3, -0.25) is 9.59 Å². The van der Waals surface area contributed by atoms with Gasteiger partial charge in [0, 0.05) is 20.0 Å². The molecule has 8 nitrogen and oxygen atoms in total. The Bertz CT molecular complexity index is 744. The summed E-state index contributed by atoms with van der Waals surface area (Å²) in [5.74, 6) is -0.366. The van der Waals surface area contributed by atoms with Crippen LogP contribution in [-0.2, 0) is 20.7 Å².